The van der Waals surface area contributed by atoms with E-state index < -0.39 is 6.10 Å². The van der Waals surface area contributed by atoms with Gasteiger partial charge in [0.05, 0.1) is 12.1 Å². The van der Waals surface area contributed by atoms with E-state index in [0.717, 1.165) is 11.1 Å². The molecule has 0 N–H and O–H groups in total. The van der Waals surface area contributed by atoms with Crippen LogP contribution < -0.4 is 9.47 Å². The van der Waals surface area contributed by atoms with Gasteiger partial charge in [0.1, 0.15) is 11.5 Å². The number of ether oxygens (including phenoxy) is 2. The van der Waals surface area contributed by atoms with Crippen molar-refractivity contribution in [2.75, 3.05) is 7.11 Å². The van der Waals surface area contributed by atoms with E-state index in [-0.39, 0.29) is 5.78 Å². The van der Waals surface area contributed by atoms with Crippen LogP contribution >= 0.6 is 11.6 Å². The summed E-state index contributed by atoms with van der Waals surface area (Å²) in [6, 6.07) is 22.5. The van der Waals surface area contributed by atoms with E-state index in [9.17, 15) is 4.79 Å². The monoisotopic (exact) mass is 366 g/mol. The summed E-state index contributed by atoms with van der Waals surface area (Å²) in [4.78, 5) is 12.5. The number of methoxy groups -OCH3 is 1. The lowest BCUT2D eigenvalue weighted by Crippen LogP contribution is -2.24. The first-order chi connectivity index (χ1) is 12.6. The average Bonchev–Trinajstić information content (AvgIpc) is 2.69. The van der Waals surface area contributed by atoms with E-state index in [0.29, 0.717) is 22.1 Å². The summed E-state index contributed by atoms with van der Waals surface area (Å²) in [5, 5.41) is 0.473. The molecule has 0 aliphatic rings. The van der Waals surface area contributed by atoms with Crippen LogP contribution in [-0.2, 0) is 0 Å². The van der Waals surface area contributed by atoms with Crippen molar-refractivity contribution in [3.8, 4) is 22.6 Å². The lowest BCUT2D eigenvalue weighted by molar-refractivity contribution is 0.0818. The summed E-state index contributed by atoms with van der Waals surface area (Å²) < 4.78 is 10.9. The minimum atomic E-state index is -0.650. The Balaban J connectivity index is 1.74. The average molecular weight is 367 g/mol. The molecule has 1 atom stereocenters. The van der Waals surface area contributed by atoms with E-state index in [1.54, 1.807) is 44.4 Å². The molecule has 0 spiro atoms. The fourth-order valence-electron chi connectivity index (χ4n) is 2.64. The second-order valence-electron chi connectivity index (χ2n) is 5.86. The Morgan fingerprint density at radius 3 is 2.23 bits per heavy atom. The molecule has 0 bridgehead atoms. The molecule has 0 radical (unpaired) electrons. The summed E-state index contributed by atoms with van der Waals surface area (Å²) in [6.45, 7) is 1.72. The van der Waals surface area contributed by atoms with Crippen molar-refractivity contribution in [3.05, 3.63) is 83.4 Å². The quantitative estimate of drug-likeness (QED) is 0.527. The van der Waals surface area contributed by atoms with Gasteiger partial charge in [-0.15, -0.1) is 0 Å². The maximum absolute atomic E-state index is 12.5. The van der Waals surface area contributed by atoms with Crippen LogP contribution in [0.15, 0.2) is 72.8 Å². The van der Waals surface area contributed by atoms with E-state index in [1.807, 2.05) is 42.5 Å². The number of carbonyl (C=O) groups is 1. The summed E-state index contributed by atoms with van der Waals surface area (Å²) in [5.41, 5.74) is 2.63. The highest BCUT2D eigenvalue weighted by Gasteiger charge is 2.18. The number of halogens is 1. The van der Waals surface area contributed by atoms with Gasteiger partial charge in [0, 0.05) is 5.56 Å². The Morgan fingerprint density at radius 1 is 0.923 bits per heavy atom. The van der Waals surface area contributed by atoms with Gasteiger partial charge < -0.3 is 9.47 Å². The zero-order chi connectivity index (χ0) is 18.5. The van der Waals surface area contributed by atoms with E-state index in [1.165, 1.54) is 0 Å². The van der Waals surface area contributed by atoms with Crippen molar-refractivity contribution >= 4 is 17.4 Å². The molecule has 0 heterocycles. The Morgan fingerprint density at radius 2 is 1.62 bits per heavy atom. The molecular formula is C22H19ClO3. The number of benzene rings is 3. The minimum absolute atomic E-state index is 0.115. The maximum atomic E-state index is 12.5. The molecule has 3 rings (SSSR count). The SMILES string of the molecule is COc1ccc(C(=O)[C@H](C)Oc2ccc(-c3ccccc3)cc2Cl)cc1. The van der Waals surface area contributed by atoms with Crippen LogP contribution in [-0.4, -0.2) is 19.0 Å². The molecule has 0 aromatic heterocycles. The van der Waals surface area contributed by atoms with Crippen LogP contribution in [0.25, 0.3) is 11.1 Å². The van der Waals surface area contributed by atoms with Crippen LogP contribution in [0.1, 0.15) is 17.3 Å². The van der Waals surface area contributed by atoms with Gasteiger partial charge in [0.2, 0.25) is 5.78 Å². The lowest BCUT2D eigenvalue weighted by Gasteiger charge is -2.16. The Bertz CT molecular complexity index is 889. The summed E-state index contributed by atoms with van der Waals surface area (Å²) in [6.07, 6.45) is -0.650. The zero-order valence-corrected chi connectivity index (χ0v) is 15.4. The van der Waals surface area contributed by atoms with Crippen LogP contribution in [0, 0.1) is 0 Å². The summed E-state index contributed by atoms with van der Waals surface area (Å²) in [7, 11) is 1.59. The smallest absolute Gasteiger partial charge is 0.202 e. The van der Waals surface area contributed by atoms with Gasteiger partial charge in [-0.2, -0.15) is 0 Å². The van der Waals surface area contributed by atoms with Crippen LogP contribution in [0.5, 0.6) is 11.5 Å². The molecule has 3 aromatic carbocycles. The fraction of sp³-hybridized carbons (Fsp3) is 0.136. The number of ketones is 1. The van der Waals surface area contributed by atoms with Crippen LogP contribution in [0.2, 0.25) is 5.02 Å². The molecule has 132 valence electrons. The number of hydrogen-bond acceptors (Lipinski definition) is 3. The van der Waals surface area contributed by atoms with Crippen molar-refractivity contribution in [1.82, 2.24) is 0 Å². The van der Waals surface area contributed by atoms with Gasteiger partial charge >= 0.3 is 0 Å². The van der Waals surface area contributed by atoms with Gasteiger partial charge in [-0.3, -0.25) is 4.79 Å². The molecule has 3 nitrogen and oxygen atoms in total. The van der Waals surface area contributed by atoms with Gasteiger partial charge in [0.15, 0.2) is 6.10 Å². The molecule has 0 fully saturated rings. The van der Waals surface area contributed by atoms with E-state index in [2.05, 4.69) is 0 Å². The zero-order valence-electron chi connectivity index (χ0n) is 14.6. The minimum Gasteiger partial charge on any atom is -0.497 e. The molecule has 4 heteroatoms. The summed E-state index contributed by atoms with van der Waals surface area (Å²) in [5.74, 6) is 1.08. The van der Waals surface area contributed by atoms with Crippen molar-refractivity contribution in [3.63, 3.8) is 0 Å². The predicted octanol–water partition coefficient (Wildman–Crippen LogP) is 5.67. The van der Waals surface area contributed by atoms with Crippen molar-refractivity contribution in [1.29, 1.82) is 0 Å². The molecule has 0 aliphatic heterocycles. The summed E-state index contributed by atoms with van der Waals surface area (Å²) >= 11 is 6.36. The first-order valence-electron chi connectivity index (χ1n) is 8.28. The molecule has 26 heavy (non-hydrogen) atoms. The van der Waals surface area contributed by atoms with Crippen molar-refractivity contribution in [2.45, 2.75) is 13.0 Å². The first kappa shape index (κ1) is 18.0. The number of Topliss-reactive ketones (excluding diaryl/α,β-unsaturated/α-hetero) is 1. The molecule has 0 saturated heterocycles. The normalized spacial score (nSPS) is 11.7. The second-order valence-corrected chi connectivity index (χ2v) is 6.27. The topological polar surface area (TPSA) is 35.5 Å². The molecule has 0 aliphatic carbocycles. The van der Waals surface area contributed by atoms with E-state index >= 15 is 0 Å². The number of hydrogen-bond donors (Lipinski definition) is 0. The Kier molecular flexibility index (Phi) is 5.59. The largest absolute Gasteiger partial charge is 0.497 e. The first-order valence-corrected chi connectivity index (χ1v) is 8.66. The third kappa shape index (κ3) is 4.06. The Labute approximate surface area is 158 Å². The molecule has 0 unspecified atom stereocenters. The highest BCUT2D eigenvalue weighted by Crippen LogP contribution is 2.31. The highest BCUT2D eigenvalue weighted by atomic mass is 35.5. The van der Waals surface area contributed by atoms with E-state index in [4.69, 9.17) is 21.1 Å². The lowest BCUT2D eigenvalue weighted by atomic mass is 10.1. The molecular weight excluding hydrogens is 348 g/mol. The predicted molar refractivity (Wildman–Crippen MR) is 104 cm³/mol. The van der Waals surface area contributed by atoms with Gasteiger partial charge in [-0.25, -0.2) is 0 Å². The van der Waals surface area contributed by atoms with Crippen LogP contribution in [0.4, 0.5) is 0 Å². The van der Waals surface area contributed by atoms with Crippen molar-refractivity contribution in [2.24, 2.45) is 0 Å². The van der Waals surface area contributed by atoms with Gasteiger partial charge in [-0.1, -0.05) is 48.0 Å². The number of carbonyl (C=O) groups excluding carboxylic acids is 1. The molecule has 0 saturated carbocycles. The highest BCUT2D eigenvalue weighted by molar-refractivity contribution is 6.32. The van der Waals surface area contributed by atoms with Gasteiger partial charge in [-0.05, 0) is 54.4 Å². The molecule has 3 aromatic rings. The number of rotatable bonds is 6. The maximum Gasteiger partial charge on any atom is 0.202 e. The second kappa shape index (κ2) is 8.07. The van der Waals surface area contributed by atoms with Crippen molar-refractivity contribution < 1.29 is 14.3 Å². The molecule has 0 amide bonds. The van der Waals surface area contributed by atoms with Gasteiger partial charge in [0.25, 0.3) is 0 Å². The fourth-order valence-corrected chi connectivity index (χ4v) is 2.87. The third-order valence-corrected chi connectivity index (χ3v) is 4.38. The Hall–Kier alpha value is -2.78. The van der Waals surface area contributed by atoms with Crippen LogP contribution in [0.3, 0.4) is 0 Å². The third-order valence-electron chi connectivity index (χ3n) is 4.09. The standard InChI is InChI=1S/C22H19ClO3/c1-15(22(24)17-8-11-19(25-2)12-9-17)26-21-13-10-18(14-20(21)23)16-6-4-3-5-7-16/h3-15H,1-2H3/t15-/m0/s1.